The Hall–Kier alpha value is -0.220. The van der Waals surface area contributed by atoms with Crippen molar-refractivity contribution >= 4 is 17.7 Å². The number of carboxylic acids is 1. The molecule has 0 heterocycles. The quantitative estimate of drug-likeness (QED) is 0.611. The van der Waals surface area contributed by atoms with Crippen LogP contribution in [0.2, 0.25) is 0 Å². The van der Waals surface area contributed by atoms with E-state index in [9.17, 15) is 4.79 Å². The average Bonchev–Trinajstić information content (AvgIpc) is 2.16. The first-order valence-electron chi connectivity index (χ1n) is 5.09. The van der Waals surface area contributed by atoms with Crippen molar-refractivity contribution in [3.63, 3.8) is 0 Å². The van der Waals surface area contributed by atoms with Gasteiger partial charge in [0.05, 0.1) is 0 Å². The molecule has 0 saturated heterocycles. The fraction of sp³-hybridized carbons (Fsp3) is 0.900. The summed E-state index contributed by atoms with van der Waals surface area (Å²) >= 11 is 1.84. The number of likely N-dealkylation sites (N-methyl/N-ethyl adjacent to an activating group) is 1. The van der Waals surface area contributed by atoms with E-state index in [1.807, 2.05) is 11.8 Å². The molecule has 0 saturated carbocycles. The van der Waals surface area contributed by atoms with E-state index in [4.69, 9.17) is 5.11 Å². The maximum absolute atomic E-state index is 10.6. The number of thioether (sulfide) groups is 1. The molecule has 0 aliphatic rings. The summed E-state index contributed by atoms with van der Waals surface area (Å²) in [5.74, 6) is 2.03. The highest BCUT2D eigenvalue weighted by atomic mass is 32.2. The maximum atomic E-state index is 10.6. The molecule has 0 aromatic rings. The first-order chi connectivity index (χ1) is 6.61. The van der Waals surface area contributed by atoms with Gasteiger partial charge in [-0.2, -0.15) is 11.8 Å². The summed E-state index contributed by atoms with van der Waals surface area (Å²) < 4.78 is 0. The van der Waals surface area contributed by atoms with Gasteiger partial charge in [0, 0.05) is 0 Å². The molecule has 0 amide bonds. The molecule has 0 aromatic heterocycles. The van der Waals surface area contributed by atoms with Gasteiger partial charge >= 0.3 is 5.97 Å². The van der Waals surface area contributed by atoms with Gasteiger partial charge in [-0.3, -0.25) is 4.79 Å². The van der Waals surface area contributed by atoms with Crippen LogP contribution >= 0.6 is 11.8 Å². The van der Waals surface area contributed by atoms with E-state index in [-0.39, 0.29) is 6.04 Å². The Labute approximate surface area is 90.7 Å². The van der Waals surface area contributed by atoms with Gasteiger partial charge in [0.2, 0.25) is 0 Å². The van der Waals surface area contributed by atoms with Crippen molar-refractivity contribution in [2.45, 2.75) is 32.7 Å². The third kappa shape index (κ3) is 6.27. The van der Waals surface area contributed by atoms with E-state index in [1.165, 1.54) is 6.42 Å². The van der Waals surface area contributed by atoms with Crippen LogP contribution in [0.5, 0.6) is 0 Å². The summed E-state index contributed by atoms with van der Waals surface area (Å²) in [6.07, 6.45) is 1.90. The Balaban J connectivity index is 3.47. The SMILES string of the molecule is CCC(C)CSCCC(NC)C(=O)O. The Morgan fingerprint density at radius 2 is 2.21 bits per heavy atom. The molecular weight excluding hydrogens is 198 g/mol. The molecule has 2 atom stereocenters. The van der Waals surface area contributed by atoms with Gasteiger partial charge in [0.1, 0.15) is 6.04 Å². The van der Waals surface area contributed by atoms with Gasteiger partial charge in [-0.05, 0) is 30.9 Å². The zero-order valence-electron chi connectivity index (χ0n) is 9.25. The number of hydrogen-bond acceptors (Lipinski definition) is 3. The summed E-state index contributed by atoms with van der Waals surface area (Å²) in [7, 11) is 1.69. The highest BCUT2D eigenvalue weighted by molar-refractivity contribution is 7.99. The van der Waals surface area contributed by atoms with E-state index in [0.29, 0.717) is 6.42 Å². The van der Waals surface area contributed by atoms with Crippen molar-refractivity contribution in [3.05, 3.63) is 0 Å². The number of nitrogens with one attached hydrogen (secondary N) is 1. The van der Waals surface area contributed by atoms with E-state index < -0.39 is 5.97 Å². The number of aliphatic carboxylic acids is 1. The van der Waals surface area contributed by atoms with Gasteiger partial charge in [-0.15, -0.1) is 0 Å². The monoisotopic (exact) mass is 219 g/mol. The summed E-state index contributed by atoms with van der Waals surface area (Å²) in [6.45, 7) is 4.40. The first-order valence-corrected chi connectivity index (χ1v) is 6.25. The molecule has 0 rings (SSSR count). The van der Waals surface area contributed by atoms with Gasteiger partial charge in [0.15, 0.2) is 0 Å². The second-order valence-corrected chi connectivity index (χ2v) is 4.71. The lowest BCUT2D eigenvalue weighted by molar-refractivity contribution is -0.139. The molecule has 0 aliphatic heterocycles. The lowest BCUT2D eigenvalue weighted by Crippen LogP contribution is -2.34. The van der Waals surface area contributed by atoms with Gasteiger partial charge in [-0.1, -0.05) is 20.3 Å². The summed E-state index contributed by atoms with van der Waals surface area (Å²) in [4.78, 5) is 10.6. The molecule has 0 bridgehead atoms. The molecule has 2 N–H and O–H groups in total. The average molecular weight is 219 g/mol. The fourth-order valence-electron chi connectivity index (χ4n) is 0.995. The predicted molar refractivity (Wildman–Crippen MR) is 61.9 cm³/mol. The Kier molecular flexibility index (Phi) is 7.99. The highest BCUT2D eigenvalue weighted by Gasteiger charge is 2.13. The van der Waals surface area contributed by atoms with Crippen LogP contribution in [0.25, 0.3) is 0 Å². The fourth-order valence-corrected chi connectivity index (χ4v) is 2.20. The molecule has 0 aliphatic carbocycles. The zero-order valence-corrected chi connectivity index (χ0v) is 10.1. The van der Waals surface area contributed by atoms with Crippen molar-refractivity contribution in [2.75, 3.05) is 18.6 Å². The Morgan fingerprint density at radius 1 is 1.57 bits per heavy atom. The van der Waals surface area contributed by atoms with Crippen molar-refractivity contribution < 1.29 is 9.90 Å². The molecule has 2 unspecified atom stereocenters. The number of hydrogen-bond donors (Lipinski definition) is 2. The molecule has 3 nitrogen and oxygen atoms in total. The second-order valence-electron chi connectivity index (χ2n) is 3.56. The van der Waals surface area contributed by atoms with Gasteiger partial charge in [-0.25, -0.2) is 0 Å². The zero-order chi connectivity index (χ0) is 11.0. The summed E-state index contributed by atoms with van der Waals surface area (Å²) in [5, 5.41) is 11.5. The van der Waals surface area contributed by atoms with Crippen molar-refractivity contribution in [2.24, 2.45) is 5.92 Å². The highest BCUT2D eigenvalue weighted by Crippen LogP contribution is 2.12. The van der Waals surface area contributed by atoms with Crippen LogP contribution in [0, 0.1) is 5.92 Å². The lowest BCUT2D eigenvalue weighted by atomic mass is 10.2. The van der Waals surface area contributed by atoms with Gasteiger partial charge in [0.25, 0.3) is 0 Å². The van der Waals surface area contributed by atoms with E-state index in [0.717, 1.165) is 17.4 Å². The number of carboxylic acid groups (broad SMARTS) is 1. The largest absolute Gasteiger partial charge is 0.480 e. The van der Waals surface area contributed by atoms with Crippen LogP contribution in [0.1, 0.15) is 26.7 Å². The molecule has 0 fully saturated rings. The molecule has 0 aromatic carbocycles. The molecule has 0 radical (unpaired) electrons. The smallest absolute Gasteiger partial charge is 0.320 e. The molecular formula is C10H21NO2S. The van der Waals surface area contributed by atoms with Gasteiger partial charge < -0.3 is 10.4 Å². The topological polar surface area (TPSA) is 49.3 Å². The van der Waals surface area contributed by atoms with Crippen molar-refractivity contribution in [3.8, 4) is 0 Å². The molecule has 84 valence electrons. The van der Waals surface area contributed by atoms with E-state index >= 15 is 0 Å². The van der Waals surface area contributed by atoms with Crippen LogP contribution in [0.4, 0.5) is 0 Å². The first kappa shape index (κ1) is 13.8. The maximum Gasteiger partial charge on any atom is 0.320 e. The Morgan fingerprint density at radius 3 is 2.64 bits per heavy atom. The molecule has 4 heteroatoms. The van der Waals surface area contributed by atoms with Crippen LogP contribution in [-0.2, 0) is 4.79 Å². The lowest BCUT2D eigenvalue weighted by Gasteiger charge is -2.11. The Bertz CT molecular complexity index is 164. The van der Waals surface area contributed by atoms with Crippen LogP contribution in [0.15, 0.2) is 0 Å². The van der Waals surface area contributed by atoms with Crippen LogP contribution in [-0.4, -0.2) is 35.7 Å². The summed E-state index contributed by atoms with van der Waals surface area (Å²) in [5.41, 5.74) is 0. The van der Waals surface area contributed by atoms with Crippen molar-refractivity contribution in [1.82, 2.24) is 5.32 Å². The predicted octanol–water partition coefficient (Wildman–Crippen LogP) is 1.83. The molecule has 0 spiro atoms. The van der Waals surface area contributed by atoms with Crippen LogP contribution in [0.3, 0.4) is 0 Å². The minimum absolute atomic E-state index is 0.389. The standard InChI is InChI=1S/C10H21NO2S/c1-4-8(2)7-14-6-5-9(11-3)10(12)13/h8-9,11H,4-7H2,1-3H3,(H,12,13). The van der Waals surface area contributed by atoms with E-state index in [1.54, 1.807) is 7.05 Å². The summed E-state index contributed by atoms with van der Waals surface area (Å²) in [6, 6.07) is -0.389. The third-order valence-electron chi connectivity index (χ3n) is 2.30. The normalized spacial score (nSPS) is 15.1. The number of carbonyl (C=O) groups is 1. The minimum Gasteiger partial charge on any atom is -0.480 e. The van der Waals surface area contributed by atoms with Crippen LogP contribution < -0.4 is 5.32 Å². The van der Waals surface area contributed by atoms with E-state index in [2.05, 4.69) is 19.2 Å². The van der Waals surface area contributed by atoms with Crippen molar-refractivity contribution in [1.29, 1.82) is 0 Å². The molecule has 14 heavy (non-hydrogen) atoms. The second kappa shape index (κ2) is 8.12. The number of rotatable bonds is 8. The third-order valence-corrected chi connectivity index (χ3v) is 3.63. The minimum atomic E-state index is -0.753.